The molecule has 0 unspecified atom stereocenters. The van der Waals surface area contributed by atoms with Crippen LogP contribution in [0.15, 0.2) is 36.4 Å². The zero-order valence-corrected chi connectivity index (χ0v) is 20.5. The number of anilines is 2. The lowest BCUT2D eigenvalue weighted by Crippen LogP contribution is -2.47. The second kappa shape index (κ2) is 11.1. The molecule has 0 bridgehead atoms. The number of carbonyl (C=O) groups is 2. The standard InChI is InChI=1S/C25H29ClF3N5O2/c26-20-3-4-21(22(14-20)34-11-9-32(10-12-34)8-6-25(27,28)29)31-24(36)18-2-1-17-5-7-33(16-23(30)35)15-19(17)13-18/h1-4,13-14H,5-12,15-16H2,(H2,30,35)(H,31,36). The number of carbonyl (C=O) groups excluding carboxylic acids is 2. The van der Waals surface area contributed by atoms with Gasteiger partial charge in [0.15, 0.2) is 0 Å². The lowest BCUT2D eigenvalue weighted by atomic mass is 9.97. The number of halogens is 4. The molecule has 0 aromatic heterocycles. The molecular weight excluding hydrogens is 495 g/mol. The van der Waals surface area contributed by atoms with Gasteiger partial charge in [-0.3, -0.25) is 19.4 Å². The number of benzene rings is 2. The number of alkyl halides is 3. The average molecular weight is 524 g/mol. The topological polar surface area (TPSA) is 81.9 Å². The van der Waals surface area contributed by atoms with Crippen molar-refractivity contribution in [2.45, 2.75) is 25.6 Å². The van der Waals surface area contributed by atoms with Gasteiger partial charge in [-0.1, -0.05) is 17.7 Å². The van der Waals surface area contributed by atoms with Crippen molar-refractivity contribution < 1.29 is 22.8 Å². The van der Waals surface area contributed by atoms with Crippen molar-refractivity contribution in [2.24, 2.45) is 5.73 Å². The third-order valence-corrected chi connectivity index (χ3v) is 6.81. The van der Waals surface area contributed by atoms with Gasteiger partial charge in [0.05, 0.1) is 24.3 Å². The quantitative estimate of drug-likeness (QED) is 0.580. The molecule has 36 heavy (non-hydrogen) atoms. The van der Waals surface area contributed by atoms with E-state index >= 15 is 0 Å². The molecule has 194 valence electrons. The Bertz CT molecular complexity index is 1120. The minimum Gasteiger partial charge on any atom is -0.369 e. The first-order valence-corrected chi connectivity index (χ1v) is 12.2. The highest BCUT2D eigenvalue weighted by Gasteiger charge is 2.29. The van der Waals surface area contributed by atoms with Crippen molar-refractivity contribution in [1.29, 1.82) is 0 Å². The minimum absolute atomic E-state index is 0.0221. The van der Waals surface area contributed by atoms with Crippen LogP contribution >= 0.6 is 11.6 Å². The number of amides is 2. The third-order valence-electron chi connectivity index (χ3n) is 6.57. The van der Waals surface area contributed by atoms with E-state index < -0.39 is 12.6 Å². The highest BCUT2D eigenvalue weighted by Crippen LogP contribution is 2.31. The molecule has 0 aliphatic carbocycles. The van der Waals surface area contributed by atoms with Gasteiger partial charge in [0.2, 0.25) is 5.91 Å². The van der Waals surface area contributed by atoms with E-state index in [0.717, 1.165) is 29.8 Å². The molecule has 1 saturated heterocycles. The van der Waals surface area contributed by atoms with Crippen LogP contribution < -0.4 is 16.0 Å². The van der Waals surface area contributed by atoms with Crippen LogP contribution in [0.3, 0.4) is 0 Å². The average Bonchev–Trinajstić information content (AvgIpc) is 2.83. The Hall–Kier alpha value is -2.82. The summed E-state index contributed by atoms with van der Waals surface area (Å²) in [7, 11) is 0. The zero-order chi connectivity index (χ0) is 25.9. The van der Waals surface area contributed by atoms with Gasteiger partial charge < -0.3 is 16.0 Å². The monoisotopic (exact) mass is 523 g/mol. The molecule has 3 N–H and O–H groups in total. The molecular formula is C25H29ClF3N5O2. The number of primary amides is 1. The van der Waals surface area contributed by atoms with Crippen LogP contribution in [-0.2, 0) is 17.8 Å². The van der Waals surface area contributed by atoms with Gasteiger partial charge in [-0.15, -0.1) is 0 Å². The molecule has 2 aromatic carbocycles. The number of hydrogen-bond acceptors (Lipinski definition) is 5. The Labute approximate surface area is 213 Å². The lowest BCUT2D eigenvalue weighted by molar-refractivity contribution is -0.138. The van der Waals surface area contributed by atoms with Crippen LogP contribution in [0.25, 0.3) is 0 Å². The Kier molecular flexibility index (Phi) is 8.07. The smallest absolute Gasteiger partial charge is 0.369 e. The van der Waals surface area contributed by atoms with E-state index in [-0.39, 0.29) is 24.9 Å². The summed E-state index contributed by atoms with van der Waals surface area (Å²) in [5.74, 6) is -0.666. The van der Waals surface area contributed by atoms with Gasteiger partial charge in [-0.05, 0) is 47.9 Å². The molecule has 1 fully saturated rings. The van der Waals surface area contributed by atoms with Gasteiger partial charge in [0, 0.05) is 56.4 Å². The second-order valence-electron chi connectivity index (χ2n) is 9.22. The van der Waals surface area contributed by atoms with Crippen LogP contribution in [0.5, 0.6) is 0 Å². The summed E-state index contributed by atoms with van der Waals surface area (Å²) in [5.41, 5.74) is 9.27. The fourth-order valence-corrected chi connectivity index (χ4v) is 4.84. The first-order chi connectivity index (χ1) is 17.1. The summed E-state index contributed by atoms with van der Waals surface area (Å²) in [6, 6.07) is 10.7. The van der Waals surface area contributed by atoms with Gasteiger partial charge in [0.1, 0.15) is 0 Å². The van der Waals surface area contributed by atoms with Gasteiger partial charge in [0.25, 0.3) is 5.91 Å². The summed E-state index contributed by atoms with van der Waals surface area (Å²) in [5, 5.41) is 3.47. The van der Waals surface area contributed by atoms with Gasteiger partial charge in [-0.2, -0.15) is 13.2 Å². The molecule has 0 spiro atoms. The number of rotatable bonds is 7. The summed E-state index contributed by atoms with van der Waals surface area (Å²) >= 11 is 6.23. The first-order valence-electron chi connectivity index (χ1n) is 11.8. The summed E-state index contributed by atoms with van der Waals surface area (Å²) in [6.45, 7) is 3.46. The Morgan fingerprint density at radius 2 is 1.72 bits per heavy atom. The minimum atomic E-state index is -4.17. The van der Waals surface area contributed by atoms with Crippen LogP contribution in [0.1, 0.15) is 27.9 Å². The van der Waals surface area contributed by atoms with Crippen molar-refractivity contribution in [2.75, 3.05) is 56.0 Å². The second-order valence-corrected chi connectivity index (χ2v) is 9.66. The number of nitrogens with zero attached hydrogens (tertiary/aromatic N) is 3. The molecule has 11 heteroatoms. The van der Waals surface area contributed by atoms with Gasteiger partial charge in [-0.25, -0.2) is 0 Å². The number of nitrogens with one attached hydrogen (secondary N) is 1. The van der Waals surface area contributed by atoms with Crippen molar-refractivity contribution in [1.82, 2.24) is 9.80 Å². The van der Waals surface area contributed by atoms with E-state index in [1.165, 1.54) is 0 Å². The Morgan fingerprint density at radius 1 is 0.972 bits per heavy atom. The first kappa shape index (κ1) is 26.2. The molecule has 2 heterocycles. The van der Waals surface area contributed by atoms with Crippen LogP contribution in [0, 0.1) is 0 Å². The molecule has 0 atom stereocenters. The van der Waals surface area contributed by atoms with Crippen LogP contribution in [0.2, 0.25) is 5.02 Å². The molecule has 4 rings (SSSR count). The number of piperazine rings is 1. The fourth-order valence-electron chi connectivity index (χ4n) is 4.68. The Morgan fingerprint density at radius 3 is 2.42 bits per heavy atom. The maximum absolute atomic E-state index is 13.1. The van der Waals surface area contributed by atoms with E-state index in [4.69, 9.17) is 17.3 Å². The number of hydrogen-bond donors (Lipinski definition) is 2. The predicted molar refractivity (Wildman–Crippen MR) is 133 cm³/mol. The van der Waals surface area contributed by atoms with Crippen LogP contribution in [-0.4, -0.2) is 73.6 Å². The normalized spacial score (nSPS) is 17.1. The van der Waals surface area contributed by atoms with E-state index in [1.54, 1.807) is 29.2 Å². The third kappa shape index (κ3) is 6.89. The van der Waals surface area contributed by atoms with E-state index in [2.05, 4.69) is 5.32 Å². The largest absolute Gasteiger partial charge is 0.390 e. The van der Waals surface area contributed by atoms with Gasteiger partial charge >= 0.3 is 6.18 Å². The number of fused-ring (bicyclic) bond motifs is 1. The molecule has 2 aliphatic rings. The van der Waals surface area contributed by atoms with Crippen molar-refractivity contribution in [3.8, 4) is 0 Å². The maximum atomic E-state index is 13.1. The summed E-state index contributed by atoms with van der Waals surface area (Å²) in [6.07, 6.45) is -4.22. The highest BCUT2D eigenvalue weighted by molar-refractivity contribution is 6.31. The predicted octanol–water partition coefficient (Wildman–Crippen LogP) is 3.51. The van der Waals surface area contributed by atoms with E-state index in [1.807, 2.05) is 21.9 Å². The van der Waals surface area contributed by atoms with E-state index in [0.29, 0.717) is 49.0 Å². The molecule has 0 saturated carbocycles. The maximum Gasteiger partial charge on any atom is 0.390 e. The zero-order valence-electron chi connectivity index (χ0n) is 19.8. The SMILES string of the molecule is NC(=O)CN1CCc2ccc(C(=O)Nc3ccc(Cl)cc3N3CCN(CCC(F)(F)F)CC3)cc2C1. The van der Waals surface area contributed by atoms with Crippen molar-refractivity contribution in [3.63, 3.8) is 0 Å². The number of nitrogens with two attached hydrogens (primary N) is 1. The lowest BCUT2D eigenvalue weighted by Gasteiger charge is -2.37. The van der Waals surface area contributed by atoms with Crippen LogP contribution in [0.4, 0.5) is 24.5 Å². The van der Waals surface area contributed by atoms with Crippen molar-refractivity contribution in [3.05, 3.63) is 58.1 Å². The Balaban J connectivity index is 1.44. The van der Waals surface area contributed by atoms with E-state index in [9.17, 15) is 22.8 Å². The highest BCUT2D eigenvalue weighted by atomic mass is 35.5. The molecule has 2 amide bonds. The van der Waals surface area contributed by atoms with Crippen molar-refractivity contribution >= 4 is 34.8 Å². The molecule has 0 radical (unpaired) electrons. The molecule has 2 aliphatic heterocycles. The summed E-state index contributed by atoms with van der Waals surface area (Å²) < 4.78 is 37.7. The molecule has 2 aromatic rings. The summed E-state index contributed by atoms with van der Waals surface area (Å²) in [4.78, 5) is 30.2. The molecule has 7 nitrogen and oxygen atoms in total. The fraction of sp³-hybridized carbons (Fsp3) is 0.440.